The minimum atomic E-state index is -0.353. The van der Waals surface area contributed by atoms with E-state index in [4.69, 9.17) is 4.98 Å². The van der Waals surface area contributed by atoms with Gasteiger partial charge in [0, 0.05) is 4.88 Å². The number of piperazine rings is 1. The van der Waals surface area contributed by atoms with Gasteiger partial charge >= 0.3 is 0 Å². The summed E-state index contributed by atoms with van der Waals surface area (Å²) >= 11 is 1.61. The number of fused-ring (bicyclic) bond motifs is 1. The number of rotatable bonds is 2. The van der Waals surface area contributed by atoms with Gasteiger partial charge < -0.3 is 10.2 Å². The second-order valence-electron chi connectivity index (χ2n) is 5.25. The Bertz CT molecular complexity index is 557. The number of thiazole rings is 1. The van der Waals surface area contributed by atoms with Crippen LogP contribution in [0.1, 0.15) is 36.4 Å². The van der Waals surface area contributed by atoms with Gasteiger partial charge in [0.25, 0.3) is 0 Å². The fourth-order valence-corrected chi connectivity index (χ4v) is 4.00. The number of hydrogen-bond donors (Lipinski definition) is 2. The van der Waals surface area contributed by atoms with E-state index in [0.717, 1.165) is 30.1 Å². The van der Waals surface area contributed by atoms with Crippen molar-refractivity contribution in [1.82, 2.24) is 15.6 Å². The van der Waals surface area contributed by atoms with E-state index in [0.29, 0.717) is 0 Å². The number of nitrogens with one attached hydrogen (secondary N) is 2. The minimum Gasteiger partial charge on any atom is -0.327 e. The van der Waals surface area contributed by atoms with Gasteiger partial charge in [-0.25, -0.2) is 4.98 Å². The summed E-state index contributed by atoms with van der Waals surface area (Å²) in [7, 11) is 1.94. The fourth-order valence-electron chi connectivity index (χ4n) is 2.76. The molecule has 1 fully saturated rings. The number of carbonyl (C=O) groups excluding carboxylic acids is 2. The second-order valence-corrected chi connectivity index (χ2v) is 6.32. The molecule has 0 spiro atoms. The predicted octanol–water partition coefficient (Wildman–Crippen LogP) is 0.591. The molecule has 0 bridgehead atoms. The molecule has 1 aliphatic carbocycles. The van der Waals surface area contributed by atoms with E-state index in [9.17, 15) is 9.59 Å². The summed E-state index contributed by atoms with van der Waals surface area (Å²) in [4.78, 5) is 31.1. The van der Waals surface area contributed by atoms with Gasteiger partial charge in [-0.15, -0.1) is 11.3 Å². The summed E-state index contributed by atoms with van der Waals surface area (Å²) in [6.45, 7) is 2.00. The van der Waals surface area contributed by atoms with E-state index in [1.165, 1.54) is 4.88 Å². The predicted molar refractivity (Wildman–Crippen MR) is 76.8 cm³/mol. The summed E-state index contributed by atoms with van der Waals surface area (Å²) in [6, 6.07) is -0.0679. The summed E-state index contributed by atoms with van der Waals surface area (Å²) in [6.07, 6.45) is 3.27. The number of carbonyl (C=O) groups is 2. The van der Waals surface area contributed by atoms with Crippen molar-refractivity contribution in [2.24, 2.45) is 0 Å². The Hall–Kier alpha value is -1.47. The molecule has 2 atom stereocenters. The first-order chi connectivity index (χ1) is 9.60. The molecule has 1 aliphatic heterocycles. The lowest BCUT2D eigenvalue weighted by molar-refractivity contribution is -0.132. The fraction of sp³-hybridized carbons (Fsp3) is 0.615. The van der Waals surface area contributed by atoms with Crippen molar-refractivity contribution in [1.29, 1.82) is 0 Å². The zero-order chi connectivity index (χ0) is 14.3. The third kappa shape index (κ3) is 2.20. The number of aromatic nitrogens is 1. The third-order valence-corrected chi connectivity index (χ3v) is 5.13. The van der Waals surface area contributed by atoms with Gasteiger partial charge in [0.2, 0.25) is 11.8 Å². The van der Waals surface area contributed by atoms with E-state index in [-0.39, 0.29) is 30.4 Å². The van der Waals surface area contributed by atoms with Crippen LogP contribution in [0.4, 0.5) is 5.13 Å². The summed E-state index contributed by atoms with van der Waals surface area (Å²) < 4.78 is 0. The lowest BCUT2D eigenvalue weighted by Gasteiger charge is -2.31. The molecule has 2 unspecified atom stereocenters. The van der Waals surface area contributed by atoms with E-state index >= 15 is 0 Å². The Morgan fingerprint density at radius 1 is 1.45 bits per heavy atom. The molecule has 0 aromatic carbocycles. The molecule has 1 aromatic heterocycles. The van der Waals surface area contributed by atoms with Crippen LogP contribution in [-0.2, 0) is 16.0 Å². The van der Waals surface area contributed by atoms with Crippen molar-refractivity contribution in [2.45, 2.75) is 38.3 Å². The van der Waals surface area contributed by atoms with Gasteiger partial charge in [-0.05, 0) is 33.2 Å². The van der Waals surface area contributed by atoms with Crippen LogP contribution in [-0.4, -0.2) is 36.4 Å². The first kappa shape index (κ1) is 13.5. The molecule has 20 heavy (non-hydrogen) atoms. The summed E-state index contributed by atoms with van der Waals surface area (Å²) in [5.41, 5.74) is 1.09. The van der Waals surface area contributed by atoms with Crippen LogP contribution < -0.4 is 15.5 Å². The van der Waals surface area contributed by atoms with Gasteiger partial charge in [0.15, 0.2) is 5.13 Å². The van der Waals surface area contributed by atoms with Crippen molar-refractivity contribution in [3.05, 3.63) is 10.6 Å². The van der Waals surface area contributed by atoms with E-state index in [1.807, 2.05) is 7.05 Å². The van der Waals surface area contributed by atoms with Gasteiger partial charge in [0.1, 0.15) is 12.6 Å². The number of nitrogens with zero attached hydrogens (tertiary/aromatic N) is 2. The van der Waals surface area contributed by atoms with Crippen LogP contribution in [0.3, 0.4) is 0 Å². The molecule has 0 saturated carbocycles. The molecular formula is C13H18N4O2S. The van der Waals surface area contributed by atoms with Crippen molar-refractivity contribution in [2.75, 3.05) is 18.5 Å². The number of amides is 2. The first-order valence-corrected chi connectivity index (χ1v) is 7.69. The third-order valence-electron chi connectivity index (χ3n) is 3.96. The quantitative estimate of drug-likeness (QED) is 0.781. The average molecular weight is 294 g/mol. The first-order valence-electron chi connectivity index (χ1n) is 6.87. The highest BCUT2D eigenvalue weighted by Gasteiger charge is 2.34. The molecule has 108 valence electrons. The van der Waals surface area contributed by atoms with Crippen molar-refractivity contribution in [3.63, 3.8) is 0 Å². The van der Waals surface area contributed by atoms with E-state index in [1.54, 1.807) is 23.2 Å². The molecule has 0 radical (unpaired) electrons. The van der Waals surface area contributed by atoms with Crippen molar-refractivity contribution in [3.8, 4) is 0 Å². The van der Waals surface area contributed by atoms with Gasteiger partial charge in [-0.2, -0.15) is 0 Å². The maximum atomic E-state index is 11.7. The Labute approximate surface area is 121 Å². The van der Waals surface area contributed by atoms with Gasteiger partial charge in [-0.3, -0.25) is 14.9 Å². The molecule has 1 aromatic rings. The number of anilines is 1. The normalized spacial score (nSPS) is 26.4. The standard InChI is InChI=1S/C13H18N4O2S/c1-7-12(19)15-10(18)6-17(7)13-16-11-8(14-2)4-3-5-9(11)20-13/h7-8,14H,3-6H2,1-2H3,(H,15,18,19). The van der Waals surface area contributed by atoms with Crippen LogP contribution in [0.25, 0.3) is 0 Å². The van der Waals surface area contributed by atoms with Gasteiger partial charge in [-0.1, -0.05) is 0 Å². The smallest absolute Gasteiger partial charge is 0.249 e. The Morgan fingerprint density at radius 3 is 3.00 bits per heavy atom. The highest BCUT2D eigenvalue weighted by atomic mass is 32.1. The van der Waals surface area contributed by atoms with Crippen LogP contribution in [0, 0.1) is 0 Å². The van der Waals surface area contributed by atoms with E-state index in [2.05, 4.69) is 10.6 Å². The lowest BCUT2D eigenvalue weighted by Crippen LogP contribution is -2.57. The average Bonchev–Trinajstić information content (AvgIpc) is 2.86. The SMILES string of the molecule is CNC1CCCc2sc(N3CC(=O)NC(=O)C3C)nc21. The Morgan fingerprint density at radius 2 is 2.25 bits per heavy atom. The molecule has 2 aliphatic rings. The maximum absolute atomic E-state index is 11.7. The Balaban J connectivity index is 1.92. The molecule has 3 rings (SSSR count). The molecule has 2 heterocycles. The number of imide groups is 1. The van der Waals surface area contributed by atoms with Crippen molar-refractivity contribution >= 4 is 28.3 Å². The molecule has 6 nitrogen and oxygen atoms in total. The zero-order valence-electron chi connectivity index (χ0n) is 11.6. The summed E-state index contributed by atoms with van der Waals surface area (Å²) in [5.74, 6) is -0.508. The van der Waals surface area contributed by atoms with E-state index < -0.39 is 0 Å². The minimum absolute atomic E-state index is 0.198. The van der Waals surface area contributed by atoms with Crippen LogP contribution >= 0.6 is 11.3 Å². The van der Waals surface area contributed by atoms with Crippen LogP contribution in [0.2, 0.25) is 0 Å². The highest BCUT2D eigenvalue weighted by molar-refractivity contribution is 7.15. The number of hydrogen-bond acceptors (Lipinski definition) is 6. The van der Waals surface area contributed by atoms with Gasteiger partial charge in [0.05, 0.1) is 11.7 Å². The lowest BCUT2D eigenvalue weighted by atomic mass is 9.98. The molecule has 7 heteroatoms. The Kier molecular flexibility index (Phi) is 3.47. The molecular weight excluding hydrogens is 276 g/mol. The molecule has 2 N–H and O–H groups in total. The zero-order valence-corrected chi connectivity index (χ0v) is 12.4. The summed E-state index contributed by atoms with van der Waals surface area (Å²) in [5, 5.41) is 6.43. The topological polar surface area (TPSA) is 74.3 Å². The molecule has 2 amide bonds. The van der Waals surface area contributed by atoms with Crippen LogP contribution in [0.5, 0.6) is 0 Å². The molecule has 1 saturated heterocycles. The maximum Gasteiger partial charge on any atom is 0.249 e. The monoisotopic (exact) mass is 294 g/mol. The number of aryl methyl sites for hydroxylation is 1. The van der Waals surface area contributed by atoms with Crippen LogP contribution in [0.15, 0.2) is 0 Å². The van der Waals surface area contributed by atoms with Crippen molar-refractivity contribution < 1.29 is 9.59 Å². The highest BCUT2D eigenvalue weighted by Crippen LogP contribution is 2.37. The largest absolute Gasteiger partial charge is 0.327 e. The second kappa shape index (κ2) is 5.14.